The van der Waals surface area contributed by atoms with Gasteiger partial charge in [-0.1, -0.05) is 6.07 Å². The first-order valence-corrected chi connectivity index (χ1v) is 12.0. The number of nitrogens with one attached hydrogen (secondary N) is 1. The fraction of sp³-hybridized carbons (Fsp3) is 0.500. The molecule has 2 aromatic rings. The molecule has 2 fully saturated rings. The highest BCUT2D eigenvalue weighted by atomic mass is 32.2. The van der Waals surface area contributed by atoms with E-state index >= 15 is 0 Å². The van der Waals surface area contributed by atoms with Crippen molar-refractivity contribution in [1.82, 2.24) is 20.1 Å². The Morgan fingerprint density at radius 2 is 1.80 bits per heavy atom. The molecule has 2 aliphatic heterocycles. The van der Waals surface area contributed by atoms with E-state index in [1.165, 1.54) is 36.4 Å². The van der Waals surface area contributed by atoms with Crippen molar-refractivity contribution in [2.45, 2.75) is 48.4 Å². The second-order valence-corrected chi connectivity index (χ2v) is 9.54. The third-order valence-electron chi connectivity index (χ3n) is 6.31. The molecular formula is C24H32N4OS. The molecule has 6 heteroatoms. The zero-order valence-electron chi connectivity index (χ0n) is 17.8. The number of likely N-dealkylation sites (tertiary alicyclic amines) is 2. The van der Waals surface area contributed by atoms with E-state index in [9.17, 15) is 4.79 Å². The predicted octanol–water partition coefficient (Wildman–Crippen LogP) is 3.66. The van der Waals surface area contributed by atoms with Gasteiger partial charge in [0.05, 0.1) is 0 Å². The summed E-state index contributed by atoms with van der Waals surface area (Å²) in [5, 5.41) is 3.25. The van der Waals surface area contributed by atoms with Crippen LogP contribution in [0, 0.1) is 0 Å². The zero-order valence-corrected chi connectivity index (χ0v) is 18.6. The molecule has 3 heterocycles. The number of thioether (sulfide) groups is 1. The minimum absolute atomic E-state index is 0.0524. The van der Waals surface area contributed by atoms with Crippen molar-refractivity contribution in [3.63, 3.8) is 0 Å². The van der Waals surface area contributed by atoms with Crippen LogP contribution in [0.25, 0.3) is 0 Å². The molecular weight excluding hydrogens is 392 g/mol. The number of nitrogens with zero attached hydrogens (tertiary/aromatic N) is 3. The number of pyridine rings is 1. The highest BCUT2D eigenvalue weighted by Crippen LogP contribution is 2.23. The van der Waals surface area contributed by atoms with E-state index in [4.69, 9.17) is 0 Å². The van der Waals surface area contributed by atoms with Crippen molar-refractivity contribution in [1.29, 1.82) is 0 Å². The second kappa shape index (κ2) is 10.4. The molecule has 4 rings (SSSR count). The highest BCUT2D eigenvalue weighted by molar-refractivity contribution is 7.98. The lowest BCUT2D eigenvalue weighted by atomic mass is 9.98. The van der Waals surface area contributed by atoms with Gasteiger partial charge in [0.25, 0.3) is 5.91 Å². The maximum absolute atomic E-state index is 12.7. The second-order valence-electron chi connectivity index (χ2n) is 8.49. The van der Waals surface area contributed by atoms with Crippen molar-refractivity contribution >= 4 is 17.7 Å². The molecule has 1 amide bonds. The van der Waals surface area contributed by atoms with Crippen molar-refractivity contribution in [3.8, 4) is 0 Å². The number of hydrogen-bond donors (Lipinski definition) is 1. The van der Waals surface area contributed by atoms with E-state index in [1.54, 1.807) is 18.0 Å². The lowest BCUT2D eigenvalue weighted by Gasteiger charge is -2.41. The Kier molecular flexibility index (Phi) is 7.42. The highest BCUT2D eigenvalue weighted by Gasteiger charge is 2.28. The van der Waals surface area contributed by atoms with Gasteiger partial charge >= 0.3 is 0 Å². The van der Waals surface area contributed by atoms with Gasteiger partial charge in [0.1, 0.15) is 0 Å². The number of rotatable bonds is 6. The number of piperidine rings is 2. The number of carbonyl (C=O) groups excluding carboxylic acids is 1. The first-order valence-electron chi connectivity index (χ1n) is 11.0. The molecule has 2 saturated heterocycles. The number of hydrogen-bond acceptors (Lipinski definition) is 5. The monoisotopic (exact) mass is 424 g/mol. The topological polar surface area (TPSA) is 48.5 Å². The quantitative estimate of drug-likeness (QED) is 0.717. The lowest BCUT2D eigenvalue weighted by molar-refractivity contribution is 0.0807. The van der Waals surface area contributed by atoms with Crippen LogP contribution in [0.2, 0.25) is 0 Å². The molecule has 0 saturated carbocycles. The Hall–Kier alpha value is -1.89. The van der Waals surface area contributed by atoms with Crippen LogP contribution in [-0.4, -0.2) is 66.0 Å². The molecule has 0 radical (unpaired) electrons. The van der Waals surface area contributed by atoms with Gasteiger partial charge in [-0.05, 0) is 81.7 Å². The lowest BCUT2D eigenvalue weighted by Crippen LogP contribution is -2.50. The average molecular weight is 425 g/mol. The Morgan fingerprint density at radius 3 is 2.47 bits per heavy atom. The average Bonchev–Trinajstić information content (AvgIpc) is 2.80. The molecule has 2 aliphatic rings. The van der Waals surface area contributed by atoms with Crippen LogP contribution in [0.4, 0.5) is 0 Å². The summed E-state index contributed by atoms with van der Waals surface area (Å²) < 4.78 is 0. The van der Waals surface area contributed by atoms with Gasteiger partial charge in [0.15, 0.2) is 0 Å². The minimum Gasteiger partial charge on any atom is -0.349 e. The van der Waals surface area contributed by atoms with Crippen LogP contribution in [0.5, 0.6) is 0 Å². The molecule has 1 N–H and O–H groups in total. The molecule has 0 spiro atoms. The molecule has 5 nitrogen and oxygen atoms in total. The number of benzene rings is 1. The number of carbonyl (C=O) groups is 1. The van der Waals surface area contributed by atoms with Crippen LogP contribution < -0.4 is 5.32 Å². The first kappa shape index (κ1) is 21.3. The van der Waals surface area contributed by atoms with Gasteiger partial charge in [-0.25, -0.2) is 0 Å². The summed E-state index contributed by atoms with van der Waals surface area (Å²) in [6, 6.07) is 13.0. The van der Waals surface area contributed by atoms with Crippen LogP contribution in [0.3, 0.4) is 0 Å². The summed E-state index contributed by atoms with van der Waals surface area (Å²) in [6.45, 7) is 4.61. The maximum Gasteiger partial charge on any atom is 0.251 e. The molecule has 0 unspecified atom stereocenters. The third-order valence-corrected chi connectivity index (χ3v) is 7.40. The smallest absolute Gasteiger partial charge is 0.251 e. The Bertz CT molecular complexity index is 798. The number of amides is 1. The first-order chi connectivity index (χ1) is 14.7. The van der Waals surface area contributed by atoms with E-state index in [-0.39, 0.29) is 5.91 Å². The summed E-state index contributed by atoms with van der Waals surface area (Å²) in [5.74, 6) is 0.937. The normalized spacial score (nSPS) is 19.6. The molecule has 0 atom stereocenters. The Morgan fingerprint density at radius 1 is 1.07 bits per heavy atom. The van der Waals surface area contributed by atoms with Crippen molar-refractivity contribution in [3.05, 3.63) is 59.9 Å². The largest absolute Gasteiger partial charge is 0.349 e. The Labute approximate surface area is 184 Å². The molecule has 0 aliphatic carbocycles. The third kappa shape index (κ3) is 5.84. The van der Waals surface area contributed by atoms with E-state index in [0.29, 0.717) is 6.04 Å². The van der Waals surface area contributed by atoms with Crippen molar-refractivity contribution < 1.29 is 4.79 Å². The standard InChI is InChI=1S/C24H32N4OS/c1-27-13-10-22(11-14-27)28-15-8-21(9-16-28)26-24(29)20-4-6-23(7-5-20)30-18-19-3-2-12-25-17-19/h2-7,12,17,21-22H,8-11,13-16,18H2,1H3,(H,26,29). The van der Waals surface area contributed by atoms with Gasteiger partial charge in [0, 0.05) is 53.8 Å². The van der Waals surface area contributed by atoms with Crippen LogP contribution in [-0.2, 0) is 5.75 Å². The van der Waals surface area contributed by atoms with Crippen molar-refractivity contribution in [2.24, 2.45) is 0 Å². The summed E-state index contributed by atoms with van der Waals surface area (Å²) in [4.78, 5) is 23.1. The van der Waals surface area contributed by atoms with E-state index in [1.807, 2.05) is 36.5 Å². The summed E-state index contributed by atoms with van der Waals surface area (Å²) in [5.41, 5.74) is 1.95. The molecule has 1 aromatic carbocycles. The summed E-state index contributed by atoms with van der Waals surface area (Å²) >= 11 is 1.76. The van der Waals surface area contributed by atoms with Crippen molar-refractivity contribution in [2.75, 3.05) is 33.2 Å². The summed E-state index contributed by atoms with van der Waals surface area (Å²) in [6.07, 6.45) is 8.35. The predicted molar refractivity (Wildman–Crippen MR) is 123 cm³/mol. The van der Waals surface area contributed by atoms with Gasteiger partial charge < -0.3 is 15.1 Å². The van der Waals surface area contributed by atoms with Gasteiger partial charge in [-0.2, -0.15) is 0 Å². The van der Waals surface area contributed by atoms with Crippen LogP contribution in [0.15, 0.2) is 53.7 Å². The SMILES string of the molecule is CN1CCC(N2CCC(NC(=O)c3ccc(SCc4cccnc4)cc3)CC2)CC1. The fourth-order valence-corrected chi connectivity index (χ4v) is 5.22. The minimum atomic E-state index is 0.0524. The Balaban J connectivity index is 1.21. The molecule has 1 aromatic heterocycles. The maximum atomic E-state index is 12.7. The fourth-order valence-electron chi connectivity index (χ4n) is 4.39. The number of aromatic nitrogens is 1. The molecule has 30 heavy (non-hydrogen) atoms. The van der Waals surface area contributed by atoms with Crippen LogP contribution >= 0.6 is 11.8 Å². The van der Waals surface area contributed by atoms with E-state index in [2.05, 4.69) is 33.2 Å². The van der Waals surface area contributed by atoms with Gasteiger partial charge in [-0.15, -0.1) is 11.8 Å². The summed E-state index contributed by atoms with van der Waals surface area (Å²) in [7, 11) is 2.21. The zero-order chi connectivity index (χ0) is 20.8. The van der Waals surface area contributed by atoms with Gasteiger partial charge in [-0.3, -0.25) is 9.78 Å². The van der Waals surface area contributed by atoms with Crippen LogP contribution in [0.1, 0.15) is 41.6 Å². The van der Waals surface area contributed by atoms with E-state index < -0.39 is 0 Å². The molecule has 0 bridgehead atoms. The van der Waals surface area contributed by atoms with E-state index in [0.717, 1.165) is 43.3 Å². The molecule has 160 valence electrons. The van der Waals surface area contributed by atoms with Gasteiger partial charge in [0.2, 0.25) is 0 Å².